The molecule has 0 saturated carbocycles. The molecule has 1 aromatic carbocycles. The summed E-state index contributed by atoms with van der Waals surface area (Å²) in [4.78, 5) is 0. The summed E-state index contributed by atoms with van der Waals surface area (Å²) in [5, 5.41) is 6.46. The number of fused-ring (bicyclic) bond motifs is 1. The number of ether oxygens (including phenoxy) is 5. The number of benzene rings is 1. The molecule has 2 rings (SSSR count). The van der Waals surface area contributed by atoms with Crippen molar-refractivity contribution in [3.63, 3.8) is 0 Å². The van der Waals surface area contributed by atoms with Gasteiger partial charge in [-0.3, -0.25) is 5.09 Å². The van der Waals surface area contributed by atoms with E-state index in [1.165, 1.54) is 0 Å². The lowest BCUT2D eigenvalue weighted by Gasteiger charge is -2.27. The van der Waals surface area contributed by atoms with Crippen molar-refractivity contribution in [3.8, 4) is 11.5 Å². The molecule has 9 nitrogen and oxygen atoms in total. The van der Waals surface area contributed by atoms with Gasteiger partial charge in [0.05, 0.1) is 51.8 Å². The molecule has 188 valence electrons. The van der Waals surface area contributed by atoms with Crippen LogP contribution in [0, 0.1) is 0 Å². The van der Waals surface area contributed by atoms with Crippen molar-refractivity contribution in [2.45, 2.75) is 39.9 Å². The third-order valence-corrected chi connectivity index (χ3v) is 6.90. The number of anilines is 1. The molecular weight excluding hydrogens is 487 g/mol. The van der Waals surface area contributed by atoms with Crippen LogP contribution in [-0.4, -0.2) is 70.2 Å². The predicted molar refractivity (Wildman–Crippen MR) is 136 cm³/mol. The van der Waals surface area contributed by atoms with E-state index in [-0.39, 0.29) is 12.2 Å². The van der Waals surface area contributed by atoms with Gasteiger partial charge in [0, 0.05) is 11.8 Å². The van der Waals surface area contributed by atoms with Crippen molar-refractivity contribution in [3.05, 3.63) is 18.2 Å². The molecule has 2 N–H and O–H groups in total. The van der Waals surface area contributed by atoms with Crippen molar-refractivity contribution >= 4 is 41.5 Å². The zero-order chi connectivity index (χ0) is 24.1. The molecule has 0 saturated heterocycles. The number of rotatable bonds is 6. The fourth-order valence-electron chi connectivity index (χ4n) is 2.70. The number of hydrogen-bond acceptors (Lipinski definition) is 9. The van der Waals surface area contributed by atoms with E-state index in [4.69, 9.17) is 56.8 Å². The van der Waals surface area contributed by atoms with Crippen molar-refractivity contribution < 1.29 is 32.7 Å². The minimum absolute atomic E-state index is 0.108. The Bertz CT molecular complexity index is 769. The maximum absolute atomic E-state index is 5.89. The molecule has 0 atom stereocenters. The standard InChI is InChI=1S/C21H35N2O7PS2/c1-16(2)29-31(33,30-17(3)4)23-21(32)22-18-5-6-19-20(15-18)28-14-12-26-10-8-24-7-9-25-11-13-27-19/h5-6,15-17H,7-14H2,1-4H3,(H2,22,23,32,33). The zero-order valence-electron chi connectivity index (χ0n) is 19.7. The second-order valence-electron chi connectivity index (χ2n) is 7.57. The highest BCUT2D eigenvalue weighted by atomic mass is 32.5. The minimum atomic E-state index is -2.81. The Hall–Kier alpha value is -1.04. The molecule has 0 radical (unpaired) electrons. The quantitative estimate of drug-likeness (QED) is 0.422. The first-order valence-corrected chi connectivity index (χ1v) is 14.0. The Morgan fingerprint density at radius 1 is 0.818 bits per heavy atom. The van der Waals surface area contributed by atoms with Crippen molar-refractivity contribution in [1.29, 1.82) is 0 Å². The van der Waals surface area contributed by atoms with E-state index in [1.807, 2.05) is 45.9 Å². The summed E-state index contributed by atoms with van der Waals surface area (Å²) in [5.41, 5.74) is 0.703. The molecule has 0 aliphatic carbocycles. The van der Waals surface area contributed by atoms with Gasteiger partial charge >= 0.3 is 0 Å². The van der Waals surface area contributed by atoms with E-state index in [0.29, 0.717) is 75.2 Å². The normalized spacial score (nSPS) is 16.7. The predicted octanol–water partition coefficient (Wildman–Crippen LogP) is 3.87. The van der Waals surface area contributed by atoms with E-state index in [1.54, 1.807) is 0 Å². The summed E-state index contributed by atoms with van der Waals surface area (Å²) < 4.78 is 39.9. The summed E-state index contributed by atoms with van der Waals surface area (Å²) in [6.45, 7) is 8.47. The van der Waals surface area contributed by atoms with Gasteiger partial charge in [-0.2, -0.15) is 0 Å². The van der Waals surface area contributed by atoms with E-state index in [9.17, 15) is 0 Å². The van der Waals surface area contributed by atoms with E-state index < -0.39 is 6.64 Å². The Morgan fingerprint density at radius 2 is 1.30 bits per heavy atom. The lowest BCUT2D eigenvalue weighted by molar-refractivity contribution is 0.00708. The van der Waals surface area contributed by atoms with Crippen LogP contribution >= 0.6 is 18.9 Å². The van der Waals surface area contributed by atoms with E-state index >= 15 is 0 Å². The maximum Gasteiger partial charge on any atom is 0.289 e. The zero-order valence-corrected chi connectivity index (χ0v) is 22.2. The van der Waals surface area contributed by atoms with Gasteiger partial charge in [-0.05, 0) is 63.9 Å². The van der Waals surface area contributed by atoms with Gasteiger partial charge in [0.25, 0.3) is 6.64 Å². The molecule has 0 amide bonds. The van der Waals surface area contributed by atoms with Crippen LogP contribution in [0.4, 0.5) is 5.69 Å². The summed E-state index contributed by atoms with van der Waals surface area (Å²) in [7, 11) is 0. The molecule has 1 aliphatic heterocycles. The third kappa shape index (κ3) is 11.8. The van der Waals surface area contributed by atoms with Crippen LogP contribution in [0.15, 0.2) is 18.2 Å². The molecule has 0 bridgehead atoms. The van der Waals surface area contributed by atoms with Crippen LogP contribution in [0.5, 0.6) is 11.5 Å². The summed E-state index contributed by atoms with van der Waals surface area (Å²) >= 11 is 11.1. The first-order chi connectivity index (χ1) is 15.8. The largest absolute Gasteiger partial charge is 0.487 e. The van der Waals surface area contributed by atoms with Gasteiger partial charge in [-0.25, -0.2) is 0 Å². The SMILES string of the molecule is CC(C)OP(=S)(NC(=S)Nc1ccc2c(c1)OCCOCCOCCOCCO2)OC(C)C. The molecule has 12 heteroatoms. The topological polar surface area (TPSA) is 88.7 Å². The summed E-state index contributed by atoms with van der Waals surface area (Å²) in [6.07, 6.45) is -0.215. The fourth-order valence-corrected chi connectivity index (χ4v) is 6.23. The first-order valence-electron chi connectivity index (χ1n) is 11.0. The van der Waals surface area contributed by atoms with Gasteiger partial charge in [-0.15, -0.1) is 0 Å². The molecule has 0 unspecified atom stereocenters. The summed E-state index contributed by atoms with van der Waals surface area (Å²) in [5.74, 6) is 1.17. The molecule has 1 aliphatic rings. The average Bonchev–Trinajstić information content (AvgIpc) is 2.71. The number of hydrogen-bond donors (Lipinski definition) is 2. The van der Waals surface area contributed by atoms with E-state index in [0.717, 1.165) is 0 Å². The van der Waals surface area contributed by atoms with Crippen LogP contribution < -0.4 is 19.9 Å². The lowest BCUT2D eigenvalue weighted by atomic mass is 10.2. The van der Waals surface area contributed by atoms with Crippen LogP contribution in [-0.2, 0) is 35.1 Å². The Balaban J connectivity index is 2.05. The Labute approximate surface area is 207 Å². The molecule has 0 aromatic heterocycles. The minimum Gasteiger partial charge on any atom is -0.487 e. The second kappa shape index (κ2) is 15.1. The Morgan fingerprint density at radius 3 is 1.82 bits per heavy atom. The van der Waals surface area contributed by atoms with Crippen LogP contribution in [0.3, 0.4) is 0 Å². The van der Waals surface area contributed by atoms with Gasteiger partial charge in [0.15, 0.2) is 16.6 Å². The molecule has 1 heterocycles. The van der Waals surface area contributed by atoms with Gasteiger partial charge in [0.1, 0.15) is 13.2 Å². The number of nitrogens with one attached hydrogen (secondary N) is 2. The van der Waals surface area contributed by atoms with Crippen molar-refractivity contribution in [2.24, 2.45) is 0 Å². The third-order valence-electron chi connectivity index (χ3n) is 3.85. The van der Waals surface area contributed by atoms with Gasteiger partial charge in [0.2, 0.25) is 0 Å². The smallest absolute Gasteiger partial charge is 0.289 e. The highest BCUT2D eigenvalue weighted by molar-refractivity contribution is 8.09. The highest BCUT2D eigenvalue weighted by Crippen LogP contribution is 2.46. The second-order valence-corrected chi connectivity index (χ2v) is 11.1. The lowest BCUT2D eigenvalue weighted by Crippen LogP contribution is -2.29. The Kier molecular flexibility index (Phi) is 12.9. The van der Waals surface area contributed by atoms with Gasteiger partial charge in [-0.1, -0.05) is 0 Å². The van der Waals surface area contributed by atoms with Crippen molar-refractivity contribution in [2.75, 3.05) is 58.2 Å². The average molecular weight is 523 g/mol. The maximum atomic E-state index is 5.89. The fraction of sp³-hybridized carbons (Fsp3) is 0.667. The first kappa shape index (κ1) is 28.2. The number of thiocarbonyl (C=S) groups is 1. The molecule has 33 heavy (non-hydrogen) atoms. The van der Waals surface area contributed by atoms with Crippen molar-refractivity contribution in [1.82, 2.24) is 5.09 Å². The van der Waals surface area contributed by atoms with Gasteiger partial charge < -0.3 is 38.0 Å². The highest BCUT2D eigenvalue weighted by Gasteiger charge is 2.24. The summed E-state index contributed by atoms with van der Waals surface area (Å²) in [6, 6.07) is 5.46. The molecule has 0 fully saturated rings. The molecular formula is C21H35N2O7PS2. The van der Waals surface area contributed by atoms with Crippen LogP contribution in [0.2, 0.25) is 0 Å². The van der Waals surface area contributed by atoms with Crippen LogP contribution in [0.1, 0.15) is 27.7 Å². The van der Waals surface area contributed by atoms with Crippen LogP contribution in [0.25, 0.3) is 0 Å². The molecule has 0 spiro atoms. The molecule has 1 aromatic rings. The monoisotopic (exact) mass is 522 g/mol. The van der Waals surface area contributed by atoms with E-state index in [2.05, 4.69) is 10.4 Å².